The first kappa shape index (κ1) is 21.4. The molecule has 1 aliphatic heterocycles. The van der Waals surface area contributed by atoms with Crippen LogP contribution in [0.5, 0.6) is 11.5 Å². The molecule has 0 aromatic heterocycles. The Morgan fingerprint density at radius 1 is 1.10 bits per heavy atom. The Kier molecular flexibility index (Phi) is 6.20. The molecule has 2 N–H and O–H groups in total. The lowest BCUT2D eigenvalue weighted by molar-refractivity contribution is -0.114. The van der Waals surface area contributed by atoms with Crippen molar-refractivity contribution in [2.75, 3.05) is 5.32 Å². The summed E-state index contributed by atoms with van der Waals surface area (Å²) < 4.78 is 15.4. The number of amides is 1. The SMILES string of the molecule is C=CC(=O)Cc1ccc(O)c(C(=O)OB2OC(=O)c3cc(NC(=O)C=C)ccc3O2)c1. The summed E-state index contributed by atoms with van der Waals surface area (Å²) in [4.78, 5) is 47.6. The maximum Gasteiger partial charge on any atom is 0.868 e. The van der Waals surface area contributed by atoms with Crippen LogP contribution in [0.15, 0.2) is 61.7 Å². The van der Waals surface area contributed by atoms with Crippen molar-refractivity contribution in [3.8, 4) is 11.5 Å². The van der Waals surface area contributed by atoms with Crippen LogP contribution < -0.4 is 9.97 Å². The van der Waals surface area contributed by atoms with E-state index in [1.165, 1.54) is 36.4 Å². The molecule has 2 aromatic rings. The highest BCUT2D eigenvalue weighted by Crippen LogP contribution is 2.29. The maximum absolute atomic E-state index is 12.5. The summed E-state index contributed by atoms with van der Waals surface area (Å²) in [6, 6.07) is 8.21. The topological polar surface area (TPSA) is 128 Å². The number of anilines is 1. The van der Waals surface area contributed by atoms with Crippen LogP contribution in [0.1, 0.15) is 26.3 Å². The second kappa shape index (κ2) is 8.99. The first-order valence-electron chi connectivity index (χ1n) is 8.94. The third kappa shape index (κ3) is 4.99. The highest BCUT2D eigenvalue weighted by Gasteiger charge is 2.41. The Labute approximate surface area is 177 Å². The lowest BCUT2D eigenvalue weighted by Crippen LogP contribution is -2.39. The van der Waals surface area contributed by atoms with E-state index in [1.54, 1.807) is 0 Å². The van der Waals surface area contributed by atoms with E-state index in [0.29, 0.717) is 11.3 Å². The molecule has 1 heterocycles. The molecule has 0 spiro atoms. The number of phenolic OH excluding ortho intramolecular Hbond substituents is 1. The van der Waals surface area contributed by atoms with E-state index < -0.39 is 25.2 Å². The Bertz CT molecular complexity index is 1110. The Morgan fingerprint density at radius 3 is 2.58 bits per heavy atom. The highest BCUT2D eigenvalue weighted by molar-refractivity contribution is 6.45. The molecule has 0 unspecified atom stereocenters. The minimum atomic E-state index is -1.70. The van der Waals surface area contributed by atoms with Crippen molar-refractivity contribution in [3.63, 3.8) is 0 Å². The number of carbonyl (C=O) groups excluding carboxylic acids is 4. The number of rotatable bonds is 7. The van der Waals surface area contributed by atoms with Gasteiger partial charge in [0.1, 0.15) is 22.6 Å². The summed E-state index contributed by atoms with van der Waals surface area (Å²) >= 11 is 0. The second-order valence-electron chi connectivity index (χ2n) is 6.32. The zero-order valence-corrected chi connectivity index (χ0v) is 16.1. The Morgan fingerprint density at radius 2 is 1.87 bits per heavy atom. The summed E-state index contributed by atoms with van der Waals surface area (Å²) in [6.45, 7) is 6.71. The van der Waals surface area contributed by atoms with Gasteiger partial charge in [0.2, 0.25) is 5.91 Å². The van der Waals surface area contributed by atoms with E-state index in [-0.39, 0.29) is 34.8 Å². The normalized spacial score (nSPS) is 12.0. The van der Waals surface area contributed by atoms with E-state index in [1.807, 2.05) is 0 Å². The number of phenols is 1. The molecule has 0 radical (unpaired) electrons. The van der Waals surface area contributed by atoms with Gasteiger partial charge in [-0.3, -0.25) is 9.59 Å². The number of hydrogen-bond acceptors (Lipinski definition) is 8. The van der Waals surface area contributed by atoms with Gasteiger partial charge in [0.25, 0.3) is 0 Å². The molecule has 0 saturated heterocycles. The van der Waals surface area contributed by atoms with Gasteiger partial charge in [-0.2, -0.15) is 0 Å². The summed E-state index contributed by atoms with van der Waals surface area (Å²) in [6.07, 6.45) is 2.20. The van der Waals surface area contributed by atoms with Crippen LogP contribution >= 0.6 is 0 Å². The Hall–Kier alpha value is -4.34. The van der Waals surface area contributed by atoms with Crippen molar-refractivity contribution < 1.29 is 38.2 Å². The van der Waals surface area contributed by atoms with Gasteiger partial charge >= 0.3 is 19.3 Å². The molecule has 0 saturated carbocycles. The van der Waals surface area contributed by atoms with Crippen molar-refractivity contribution >= 4 is 36.6 Å². The van der Waals surface area contributed by atoms with Crippen molar-refractivity contribution in [2.24, 2.45) is 0 Å². The number of ketones is 1. The molecule has 3 rings (SSSR count). The number of allylic oxidation sites excluding steroid dienone is 1. The van der Waals surface area contributed by atoms with Gasteiger partial charge in [0.15, 0.2) is 5.78 Å². The molecule has 31 heavy (non-hydrogen) atoms. The quantitative estimate of drug-likeness (QED) is 0.515. The van der Waals surface area contributed by atoms with Gasteiger partial charge in [-0.25, -0.2) is 9.59 Å². The van der Waals surface area contributed by atoms with Crippen LogP contribution in [-0.2, 0) is 25.3 Å². The number of aromatic hydroxyl groups is 1. The zero-order chi connectivity index (χ0) is 22.5. The minimum absolute atomic E-state index is 0.0157. The molecule has 1 amide bonds. The predicted octanol–water partition coefficient (Wildman–Crippen LogP) is 2.21. The molecule has 0 aliphatic carbocycles. The smallest absolute Gasteiger partial charge is 0.507 e. The van der Waals surface area contributed by atoms with Crippen molar-refractivity contribution in [3.05, 3.63) is 78.4 Å². The van der Waals surface area contributed by atoms with E-state index in [2.05, 4.69) is 18.5 Å². The lowest BCUT2D eigenvalue weighted by Gasteiger charge is -2.21. The van der Waals surface area contributed by atoms with Gasteiger partial charge in [-0.05, 0) is 48.0 Å². The van der Waals surface area contributed by atoms with E-state index >= 15 is 0 Å². The average molecular weight is 421 g/mol. The highest BCUT2D eigenvalue weighted by atomic mass is 16.8. The molecule has 10 heteroatoms. The van der Waals surface area contributed by atoms with Crippen LogP contribution in [0.4, 0.5) is 5.69 Å². The summed E-state index contributed by atoms with van der Waals surface area (Å²) in [5.74, 6) is -2.92. The van der Waals surface area contributed by atoms with Crippen molar-refractivity contribution in [1.29, 1.82) is 0 Å². The third-order valence-electron chi connectivity index (χ3n) is 4.17. The van der Waals surface area contributed by atoms with Crippen LogP contribution in [-0.4, -0.2) is 36.1 Å². The first-order valence-corrected chi connectivity index (χ1v) is 8.94. The summed E-state index contributed by atoms with van der Waals surface area (Å²) in [7, 11) is -1.70. The van der Waals surface area contributed by atoms with E-state index in [9.17, 15) is 24.3 Å². The fourth-order valence-electron chi connectivity index (χ4n) is 2.67. The molecule has 9 nitrogen and oxygen atoms in total. The first-order chi connectivity index (χ1) is 14.8. The van der Waals surface area contributed by atoms with E-state index in [4.69, 9.17) is 14.0 Å². The van der Waals surface area contributed by atoms with Gasteiger partial charge < -0.3 is 24.4 Å². The molecular weight excluding hydrogens is 405 g/mol. The number of carbonyl (C=O) groups is 4. The molecule has 2 aromatic carbocycles. The average Bonchev–Trinajstić information content (AvgIpc) is 2.75. The largest absolute Gasteiger partial charge is 0.868 e. The van der Waals surface area contributed by atoms with Crippen LogP contribution in [0.2, 0.25) is 0 Å². The Balaban J connectivity index is 1.74. The maximum atomic E-state index is 12.5. The van der Waals surface area contributed by atoms with E-state index in [0.717, 1.165) is 12.2 Å². The molecular formula is C21H16BNO8. The molecule has 1 aliphatic rings. The number of hydrogen-bond donors (Lipinski definition) is 2. The lowest BCUT2D eigenvalue weighted by atomic mass is 10.0. The molecule has 156 valence electrons. The fraction of sp³-hybridized carbons (Fsp3) is 0.0476. The predicted molar refractivity (Wildman–Crippen MR) is 109 cm³/mol. The standard InChI is InChI=1S/C21H16BNO8/c1-3-14(24)9-12-5-7-17(25)15(10-12)20(27)30-22-29-18-8-6-13(23-19(26)4-2)11-16(18)21(28)31-22/h3-8,10-11,25H,1-2,9H2,(H,23,26). The van der Waals surface area contributed by atoms with Crippen LogP contribution in [0.3, 0.4) is 0 Å². The monoisotopic (exact) mass is 421 g/mol. The van der Waals surface area contributed by atoms with Gasteiger partial charge in [-0.1, -0.05) is 19.2 Å². The van der Waals surface area contributed by atoms with Gasteiger partial charge in [-0.15, -0.1) is 0 Å². The molecule has 0 fully saturated rings. The van der Waals surface area contributed by atoms with Gasteiger partial charge in [0, 0.05) is 12.1 Å². The van der Waals surface area contributed by atoms with Crippen LogP contribution in [0, 0.1) is 0 Å². The summed E-state index contributed by atoms with van der Waals surface area (Å²) in [5, 5.41) is 12.5. The molecule has 0 bridgehead atoms. The van der Waals surface area contributed by atoms with Gasteiger partial charge in [0.05, 0.1) is 0 Å². The molecule has 0 atom stereocenters. The number of fused-ring (bicyclic) bond motifs is 1. The summed E-state index contributed by atoms with van der Waals surface area (Å²) in [5.41, 5.74) is 0.551. The third-order valence-corrected chi connectivity index (χ3v) is 4.17. The number of nitrogens with one attached hydrogen (secondary N) is 1. The van der Waals surface area contributed by atoms with Crippen LogP contribution in [0.25, 0.3) is 0 Å². The van der Waals surface area contributed by atoms with Crippen molar-refractivity contribution in [2.45, 2.75) is 6.42 Å². The fourth-order valence-corrected chi connectivity index (χ4v) is 2.67. The number of benzene rings is 2. The minimum Gasteiger partial charge on any atom is -0.507 e. The second-order valence-corrected chi connectivity index (χ2v) is 6.32. The van der Waals surface area contributed by atoms with Crippen molar-refractivity contribution in [1.82, 2.24) is 0 Å². The zero-order valence-electron chi connectivity index (χ0n) is 16.1.